The minimum atomic E-state index is 0.242. The van der Waals surface area contributed by atoms with Crippen LogP contribution in [0.1, 0.15) is 28.9 Å². The van der Waals surface area contributed by atoms with Crippen molar-refractivity contribution in [2.24, 2.45) is 0 Å². The number of imidazole rings is 1. The maximum Gasteiger partial charge on any atom is 0.223 e. The molecule has 1 fully saturated rings. The molecule has 3 aromatic rings. The lowest BCUT2D eigenvalue weighted by molar-refractivity contribution is -0.131. The zero-order chi connectivity index (χ0) is 19.7. The van der Waals surface area contributed by atoms with Crippen LogP contribution in [-0.4, -0.2) is 46.4 Å². The molecule has 5 nitrogen and oxygen atoms in total. The van der Waals surface area contributed by atoms with Gasteiger partial charge in [-0.1, -0.05) is 18.2 Å². The number of hydrogen-bond acceptors (Lipinski definition) is 3. The summed E-state index contributed by atoms with van der Waals surface area (Å²) < 4.78 is 2.10. The van der Waals surface area contributed by atoms with Gasteiger partial charge in [0.2, 0.25) is 5.91 Å². The molecule has 0 spiro atoms. The number of nitrogens with zero attached hydrogens (tertiary/aromatic N) is 4. The van der Waals surface area contributed by atoms with Crippen molar-refractivity contribution in [3.8, 4) is 0 Å². The van der Waals surface area contributed by atoms with E-state index < -0.39 is 0 Å². The minimum absolute atomic E-state index is 0.242. The summed E-state index contributed by atoms with van der Waals surface area (Å²) in [6.07, 6.45) is 3.29. The molecule has 2 aromatic heterocycles. The number of fused-ring (bicyclic) bond motifs is 1. The molecule has 1 aliphatic rings. The first-order valence-electron chi connectivity index (χ1n) is 10.1. The van der Waals surface area contributed by atoms with Crippen LogP contribution in [0.4, 0.5) is 5.69 Å². The lowest BCUT2D eigenvalue weighted by atomic mass is 10.1. The van der Waals surface area contributed by atoms with E-state index in [-0.39, 0.29) is 5.91 Å². The molecule has 0 unspecified atom stereocenters. The summed E-state index contributed by atoms with van der Waals surface area (Å²) in [4.78, 5) is 21.8. The van der Waals surface area contributed by atoms with Gasteiger partial charge in [0.15, 0.2) is 0 Å². The van der Waals surface area contributed by atoms with E-state index in [2.05, 4.69) is 46.3 Å². The number of carbonyl (C=O) groups excluding carboxylic acids is 1. The van der Waals surface area contributed by atoms with Gasteiger partial charge in [-0.15, -0.1) is 0 Å². The van der Waals surface area contributed by atoms with Gasteiger partial charge in [-0.3, -0.25) is 4.79 Å². The smallest absolute Gasteiger partial charge is 0.223 e. The predicted octanol–water partition coefficient (Wildman–Crippen LogP) is 3.54. The number of amides is 1. The van der Waals surface area contributed by atoms with Crippen molar-refractivity contribution >= 4 is 17.2 Å². The third-order valence-electron chi connectivity index (χ3n) is 5.95. The summed E-state index contributed by atoms with van der Waals surface area (Å²) in [6.45, 7) is 9.73. The maximum atomic E-state index is 12.8. The van der Waals surface area contributed by atoms with Crippen LogP contribution >= 0.6 is 0 Å². The number of anilines is 1. The summed E-state index contributed by atoms with van der Waals surface area (Å²) in [7, 11) is 0. The average Bonchev–Trinajstić information content (AvgIpc) is 3.03. The summed E-state index contributed by atoms with van der Waals surface area (Å²) in [5.41, 5.74) is 7.06. The third kappa shape index (κ3) is 3.49. The fourth-order valence-electron chi connectivity index (χ4n) is 4.12. The second-order valence-electron chi connectivity index (χ2n) is 7.66. The summed E-state index contributed by atoms with van der Waals surface area (Å²) in [5.74, 6) is 0.242. The molecule has 1 amide bonds. The second kappa shape index (κ2) is 7.66. The van der Waals surface area contributed by atoms with Crippen molar-refractivity contribution in [2.75, 3.05) is 31.1 Å². The van der Waals surface area contributed by atoms with E-state index in [0.717, 1.165) is 49.6 Å². The molecule has 28 heavy (non-hydrogen) atoms. The Kier molecular flexibility index (Phi) is 5.07. The Balaban J connectivity index is 1.36. The largest absolute Gasteiger partial charge is 0.368 e. The van der Waals surface area contributed by atoms with Crippen LogP contribution in [0.15, 0.2) is 42.6 Å². The van der Waals surface area contributed by atoms with Gasteiger partial charge < -0.3 is 14.2 Å². The number of rotatable bonds is 4. The molecule has 1 aromatic carbocycles. The standard InChI is InChI=1S/C23H28N4O/c1-17-7-6-8-20(18(17)2)25-13-15-26(16-14-25)23(28)11-10-21-19(3)24-22-9-4-5-12-27(21)22/h4-9,12H,10-11,13-16H2,1-3H3. The molecule has 0 atom stereocenters. The van der Waals surface area contributed by atoms with Crippen LogP contribution in [0.5, 0.6) is 0 Å². The molecule has 1 aliphatic heterocycles. The van der Waals surface area contributed by atoms with E-state index in [1.165, 1.54) is 16.8 Å². The molecule has 0 N–H and O–H groups in total. The lowest BCUT2D eigenvalue weighted by Gasteiger charge is -2.37. The van der Waals surface area contributed by atoms with Gasteiger partial charge >= 0.3 is 0 Å². The normalized spacial score (nSPS) is 14.7. The number of aromatic nitrogens is 2. The molecule has 5 heteroatoms. The monoisotopic (exact) mass is 376 g/mol. The van der Waals surface area contributed by atoms with Crippen molar-refractivity contribution in [3.05, 3.63) is 65.1 Å². The Morgan fingerprint density at radius 1 is 1.00 bits per heavy atom. The summed E-state index contributed by atoms with van der Waals surface area (Å²) >= 11 is 0. The Morgan fingerprint density at radius 3 is 2.57 bits per heavy atom. The molecule has 1 saturated heterocycles. The zero-order valence-electron chi connectivity index (χ0n) is 17.0. The number of carbonyl (C=O) groups is 1. The highest BCUT2D eigenvalue weighted by Crippen LogP contribution is 2.24. The quantitative estimate of drug-likeness (QED) is 0.699. The molecule has 0 aliphatic carbocycles. The summed E-state index contributed by atoms with van der Waals surface area (Å²) in [5, 5.41) is 0. The molecule has 146 valence electrons. The van der Waals surface area contributed by atoms with Gasteiger partial charge in [0.1, 0.15) is 5.65 Å². The van der Waals surface area contributed by atoms with Crippen molar-refractivity contribution < 1.29 is 4.79 Å². The van der Waals surface area contributed by atoms with E-state index in [1.807, 2.05) is 36.2 Å². The van der Waals surface area contributed by atoms with E-state index in [1.54, 1.807) is 0 Å². The van der Waals surface area contributed by atoms with Gasteiger partial charge in [-0.05, 0) is 56.5 Å². The molecule has 0 radical (unpaired) electrons. The Hall–Kier alpha value is -2.82. The van der Waals surface area contributed by atoms with Gasteiger partial charge in [-0.2, -0.15) is 0 Å². The first kappa shape index (κ1) is 18.5. The van der Waals surface area contributed by atoms with E-state index >= 15 is 0 Å². The maximum absolute atomic E-state index is 12.8. The number of benzene rings is 1. The van der Waals surface area contributed by atoms with E-state index in [0.29, 0.717) is 6.42 Å². The Bertz CT molecular complexity index is 999. The zero-order valence-corrected chi connectivity index (χ0v) is 17.0. The molecule has 3 heterocycles. The first-order chi connectivity index (χ1) is 13.5. The summed E-state index contributed by atoms with van der Waals surface area (Å²) in [6, 6.07) is 12.5. The number of aryl methyl sites for hydroxylation is 3. The molecule has 0 saturated carbocycles. The molecular formula is C23H28N4O. The van der Waals surface area contributed by atoms with Crippen molar-refractivity contribution in [2.45, 2.75) is 33.6 Å². The number of hydrogen-bond donors (Lipinski definition) is 0. The molecule has 4 rings (SSSR count). The van der Waals surface area contributed by atoms with Crippen molar-refractivity contribution in [1.29, 1.82) is 0 Å². The highest BCUT2D eigenvalue weighted by atomic mass is 16.2. The third-order valence-corrected chi connectivity index (χ3v) is 5.95. The van der Waals surface area contributed by atoms with Gasteiger partial charge in [0.05, 0.1) is 5.69 Å². The molecule has 0 bridgehead atoms. The highest BCUT2D eigenvalue weighted by Gasteiger charge is 2.22. The average molecular weight is 377 g/mol. The van der Waals surface area contributed by atoms with Crippen LogP contribution in [-0.2, 0) is 11.2 Å². The fraction of sp³-hybridized carbons (Fsp3) is 0.391. The topological polar surface area (TPSA) is 40.8 Å². The predicted molar refractivity (Wildman–Crippen MR) is 113 cm³/mol. The fourth-order valence-corrected chi connectivity index (χ4v) is 4.12. The van der Waals surface area contributed by atoms with Gasteiger partial charge in [0.25, 0.3) is 0 Å². The van der Waals surface area contributed by atoms with Crippen LogP contribution in [0, 0.1) is 20.8 Å². The molecular weight excluding hydrogens is 348 g/mol. The van der Waals surface area contributed by atoms with Crippen LogP contribution in [0.3, 0.4) is 0 Å². The van der Waals surface area contributed by atoms with E-state index in [9.17, 15) is 4.79 Å². The minimum Gasteiger partial charge on any atom is -0.368 e. The Morgan fingerprint density at radius 2 is 1.79 bits per heavy atom. The van der Waals surface area contributed by atoms with Crippen molar-refractivity contribution in [3.63, 3.8) is 0 Å². The van der Waals surface area contributed by atoms with Crippen LogP contribution in [0.2, 0.25) is 0 Å². The SMILES string of the molecule is Cc1cccc(N2CCN(C(=O)CCc3c(C)nc4ccccn34)CC2)c1C. The number of piperazine rings is 1. The first-order valence-corrected chi connectivity index (χ1v) is 10.1. The van der Waals surface area contributed by atoms with Crippen LogP contribution in [0.25, 0.3) is 5.65 Å². The van der Waals surface area contributed by atoms with Gasteiger partial charge in [0, 0.05) is 50.2 Å². The van der Waals surface area contributed by atoms with Gasteiger partial charge in [-0.25, -0.2) is 4.98 Å². The number of pyridine rings is 1. The van der Waals surface area contributed by atoms with Crippen molar-refractivity contribution in [1.82, 2.24) is 14.3 Å². The second-order valence-corrected chi connectivity index (χ2v) is 7.66. The highest BCUT2D eigenvalue weighted by molar-refractivity contribution is 5.77. The van der Waals surface area contributed by atoms with Crippen LogP contribution < -0.4 is 4.90 Å². The Labute approximate surface area is 166 Å². The lowest BCUT2D eigenvalue weighted by Crippen LogP contribution is -2.49. The van der Waals surface area contributed by atoms with E-state index in [4.69, 9.17) is 0 Å².